The molecule has 7 nitrogen and oxygen atoms in total. The summed E-state index contributed by atoms with van der Waals surface area (Å²) < 4.78 is 15.4. The van der Waals surface area contributed by atoms with Crippen LogP contribution in [-0.2, 0) is 9.59 Å². The number of aromatic nitrogens is 3. The number of nitrogens with one attached hydrogen (secondary N) is 1. The molecule has 0 radical (unpaired) electrons. The Kier molecular flexibility index (Phi) is 4.54. The molecule has 2 amide bonds. The smallest absolute Gasteiger partial charge is 0.249 e. The van der Waals surface area contributed by atoms with Gasteiger partial charge in [-0.15, -0.1) is 0 Å². The Morgan fingerprint density at radius 2 is 2.21 bits per heavy atom. The van der Waals surface area contributed by atoms with Crippen molar-refractivity contribution >= 4 is 17.5 Å². The highest BCUT2D eigenvalue weighted by Crippen LogP contribution is 2.24. The molecular formula is C16H18FN5O2. The van der Waals surface area contributed by atoms with Crippen molar-refractivity contribution < 1.29 is 14.0 Å². The summed E-state index contributed by atoms with van der Waals surface area (Å²) in [7, 11) is 0. The molecule has 1 N–H and O–H groups in total. The first-order valence-corrected chi connectivity index (χ1v) is 7.78. The number of carbonyl (C=O) groups is 2. The molecule has 24 heavy (non-hydrogen) atoms. The van der Waals surface area contributed by atoms with E-state index in [1.165, 1.54) is 28.3 Å². The maximum atomic E-state index is 14.0. The Bertz CT molecular complexity index is 734. The van der Waals surface area contributed by atoms with Crippen LogP contribution in [0.4, 0.5) is 10.1 Å². The van der Waals surface area contributed by atoms with Crippen molar-refractivity contribution in [2.24, 2.45) is 0 Å². The number of hydrogen-bond donors (Lipinski definition) is 1. The Balaban J connectivity index is 1.71. The maximum absolute atomic E-state index is 14.0. The summed E-state index contributed by atoms with van der Waals surface area (Å²) in [6.07, 6.45) is 4.00. The van der Waals surface area contributed by atoms with Gasteiger partial charge in [-0.25, -0.2) is 14.1 Å². The molecule has 1 aliphatic heterocycles. The Morgan fingerprint density at radius 1 is 1.42 bits per heavy atom. The van der Waals surface area contributed by atoms with Crippen LogP contribution in [0.25, 0.3) is 0 Å². The Morgan fingerprint density at radius 3 is 2.92 bits per heavy atom. The second kappa shape index (κ2) is 6.77. The summed E-state index contributed by atoms with van der Waals surface area (Å²) in [5, 5.41) is 6.66. The highest BCUT2D eigenvalue weighted by Gasteiger charge is 2.33. The zero-order chi connectivity index (χ0) is 17.1. The van der Waals surface area contributed by atoms with E-state index in [2.05, 4.69) is 15.4 Å². The van der Waals surface area contributed by atoms with Gasteiger partial charge in [-0.05, 0) is 31.9 Å². The summed E-state index contributed by atoms with van der Waals surface area (Å²) in [5.41, 5.74) is 0.241. The van der Waals surface area contributed by atoms with Crippen molar-refractivity contribution in [3.05, 3.63) is 42.7 Å². The fraction of sp³-hybridized carbons (Fsp3) is 0.375. The van der Waals surface area contributed by atoms with E-state index in [0.29, 0.717) is 19.4 Å². The second-order valence-corrected chi connectivity index (χ2v) is 5.70. The van der Waals surface area contributed by atoms with Gasteiger partial charge in [0.2, 0.25) is 11.8 Å². The number of nitrogens with zero attached hydrogens (tertiary/aromatic N) is 4. The standard InChI is InChI=1S/C16H18FN5O2/c1-11(22-10-18-9-19-22)15(23)20-13-6-4-8-21(16(13)24)14-7-3-2-5-12(14)17/h2-3,5,7,9-11,13H,4,6,8H2,1H3,(H,20,23)/t11-,13+/m0/s1. The monoisotopic (exact) mass is 331 g/mol. The van der Waals surface area contributed by atoms with Gasteiger partial charge in [0, 0.05) is 6.54 Å². The lowest BCUT2D eigenvalue weighted by Gasteiger charge is -2.33. The third-order valence-corrected chi connectivity index (χ3v) is 4.11. The van der Waals surface area contributed by atoms with Crippen LogP contribution in [0.15, 0.2) is 36.9 Å². The van der Waals surface area contributed by atoms with Gasteiger partial charge in [0.05, 0.1) is 5.69 Å². The van der Waals surface area contributed by atoms with E-state index in [-0.39, 0.29) is 17.5 Å². The largest absolute Gasteiger partial charge is 0.342 e. The van der Waals surface area contributed by atoms with Gasteiger partial charge in [-0.2, -0.15) is 5.10 Å². The highest BCUT2D eigenvalue weighted by atomic mass is 19.1. The van der Waals surface area contributed by atoms with Crippen LogP contribution in [0.5, 0.6) is 0 Å². The molecule has 0 aliphatic carbocycles. The van der Waals surface area contributed by atoms with Crippen LogP contribution >= 0.6 is 0 Å². The van der Waals surface area contributed by atoms with Gasteiger partial charge in [0.15, 0.2) is 0 Å². The summed E-state index contributed by atoms with van der Waals surface area (Å²) in [4.78, 5) is 30.1. The predicted octanol–water partition coefficient (Wildman–Crippen LogP) is 1.29. The molecule has 2 aromatic rings. The first kappa shape index (κ1) is 16.1. The summed E-state index contributed by atoms with van der Waals surface area (Å²) >= 11 is 0. The molecular weight excluding hydrogens is 313 g/mol. The normalized spacial score (nSPS) is 19.2. The number of carbonyl (C=O) groups excluding carboxylic acids is 2. The van der Waals surface area contributed by atoms with Gasteiger partial charge in [-0.1, -0.05) is 12.1 Å². The number of piperidine rings is 1. The van der Waals surface area contributed by atoms with E-state index in [1.54, 1.807) is 25.1 Å². The molecule has 3 rings (SSSR count). The molecule has 1 aromatic carbocycles. The molecule has 1 aliphatic rings. The fourth-order valence-electron chi connectivity index (χ4n) is 2.75. The Hall–Kier alpha value is -2.77. The minimum Gasteiger partial charge on any atom is -0.342 e. The molecule has 1 fully saturated rings. The summed E-state index contributed by atoms with van der Waals surface area (Å²) in [5.74, 6) is -1.08. The number of anilines is 1. The molecule has 1 aromatic heterocycles. The molecule has 0 bridgehead atoms. The van der Waals surface area contributed by atoms with Gasteiger partial charge in [0.1, 0.15) is 30.6 Å². The van der Waals surface area contributed by atoms with Crippen LogP contribution in [-0.4, -0.2) is 39.2 Å². The van der Waals surface area contributed by atoms with Crippen molar-refractivity contribution in [1.82, 2.24) is 20.1 Å². The SMILES string of the molecule is C[C@@H](C(=O)N[C@@H]1CCCN(c2ccccc2F)C1=O)n1cncn1. The van der Waals surface area contributed by atoms with E-state index >= 15 is 0 Å². The van der Waals surface area contributed by atoms with Crippen molar-refractivity contribution in [3.63, 3.8) is 0 Å². The predicted molar refractivity (Wildman–Crippen MR) is 84.7 cm³/mol. The van der Waals surface area contributed by atoms with Crippen molar-refractivity contribution in [3.8, 4) is 0 Å². The molecule has 126 valence electrons. The van der Waals surface area contributed by atoms with E-state index in [1.807, 2.05) is 0 Å². The lowest BCUT2D eigenvalue weighted by molar-refractivity contribution is -0.130. The van der Waals surface area contributed by atoms with Gasteiger partial charge in [0.25, 0.3) is 0 Å². The van der Waals surface area contributed by atoms with Crippen molar-refractivity contribution in [2.75, 3.05) is 11.4 Å². The number of rotatable bonds is 4. The molecule has 1 saturated heterocycles. The third kappa shape index (κ3) is 3.12. The molecule has 2 heterocycles. The quantitative estimate of drug-likeness (QED) is 0.915. The average Bonchev–Trinajstić information content (AvgIpc) is 3.11. The van der Waals surface area contributed by atoms with Crippen LogP contribution in [0.3, 0.4) is 0 Å². The van der Waals surface area contributed by atoms with Crippen LogP contribution < -0.4 is 10.2 Å². The number of benzene rings is 1. The number of hydrogen-bond acceptors (Lipinski definition) is 4. The Labute approximate surface area is 138 Å². The first-order valence-electron chi connectivity index (χ1n) is 7.78. The summed E-state index contributed by atoms with van der Waals surface area (Å²) in [6.45, 7) is 2.11. The zero-order valence-corrected chi connectivity index (χ0v) is 13.2. The topological polar surface area (TPSA) is 80.1 Å². The molecule has 0 spiro atoms. The van der Waals surface area contributed by atoms with E-state index in [9.17, 15) is 14.0 Å². The summed E-state index contributed by atoms with van der Waals surface area (Å²) in [6, 6.07) is 4.89. The van der Waals surface area contributed by atoms with Crippen molar-refractivity contribution in [2.45, 2.75) is 31.8 Å². The molecule has 2 atom stereocenters. The third-order valence-electron chi connectivity index (χ3n) is 4.11. The van der Waals surface area contributed by atoms with E-state index < -0.39 is 17.9 Å². The van der Waals surface area contributed by atoms with Crippen LogP contribution in [0.2, 0.25) is 0 Å². The van der Waals surface area contributed by atoms with Crippen LogP contribution in [0, 0.1) is 5.82 Å². The second-order valence-electron chi connectivity index (χ2n) is 5.70. The minimum atomic E-state index is -0.670. The number of para-hydroxylation sites is 1. The molecule has 0 saturated carbocycles. The van der Waals surface area contributed by atoms with Gasteiger partial charge < -0.3 is 10.2 Å². The lowest BCUT2D eigenvalue weighted by atomic mass is 10.0. The number of halogens is 1. The lowest BCUT2D eigenvalue weighted by Crippen LogP contribution is -2.53. The fourth-order valence-corrected chi connectivity index (χ4v) is 2.75. The van der Waals surface area contributed by atoms with Crippen molar-refractivity contribution in [1.29, 1.82) is 0 Å². The molecule has 0 unspecified atom stereocenters. The maximum Gasteiger partial charge on any atom is 0.249 e. The van der Waals surface area contributed by atoms with E-state index in [4.69, 9.17) is 0 Å². The van der Waals surface area contributed by atoms with Crippen LogP contribution in [0.1, 0.15) is 25.8 Å². The van der Waals surface area contributed by atoms with Gasteiger partial charge in [-0.3, -0.25) is 9.59 Å². The zero-order valence-electron chi connectivity index (χ0n) is 13.2. The first-order chi connectivity index (χ1) is 11.6. The van der Waals surface area contributed by atoms with Gasteiger partial charge >= 0.3 is 0 Å². The highest BCUT2D eigenvalue weighted by molar-refractivity contribution is 6.00. The number of amides is 2. The molecule has 8 heteroatoms. The minimum absolute atomic E-state index is 0.241. The van der Waals surface area contributed by atoms with E-state index in [0.717, 1.165) is 0 Å². The average molecular weight is 331 g/mol.